The van der Waals surface area contributed by atoms with E-state index in [4.69, 9.17) is 14.4 Å². The molecule has 0 unspecified atom stereocenters. The van der Waals surface area contributed by atoms with Gasteiger partial charge in [0.15, 0.2) is 0 Å². The summed E-state index contributed by atoms with van der Waals surface area (Å²) in [6.07, 6.45) is 4.15. The van der Waals surface area contributed by atoms with Gasteiger partial charge in [-0.15, -0.1) is 0 Å². The zero-order chi connectivity index (χ0) is 23.4. The Labute approximate surface area is 196 Å². The molecule has 0 aliphatic carbocycles. The van der Waals surface area contributed by atoms with E-state index < -0.39 is 17.9 Å². The molecule has 2 aromatic rings. The van der Waals surface area contributed by atoms with Gasteiger partial charge in [0, 0.05) is 36.9 Å². The molecule has 0 aromatic heterocycles. The van der Waals surface area contributed by atoms with Crippen molar-refractivity contribution in [3.8, 4) is 0 Å². The SMILES string of the molecule is CO[Si](O)(O)O.Cc1cc(C)c(N2C=CN(Cc3ccc([Si](O)(O)O)cc3)C2)c(C)c1.[Cl-]. The summed E-state index contributed by atoms with van der Waals surface area (Å²) in [5, 5.41) is 0.195. The highest BCUT2D eigenvalue weighted by molar-refractivity contribution is 6.71. The molecule has 1 aliphatic heterocycles. The average Bonchev–Trinajstić information content (AvgIpc) is 3.08. The molecule has 0 radical (unpaired) electrons. The molecular weight excluding hydrogens is 472 g/mol. The van der Waals surface area contributed by atoms with Crippen LogP contribution in [0, 0.1) is 20.8 Å². The third-order valence-corrected chi connectivity index (χ3v) is 6.37. The Morgan fingerprint density at radius 2 is 1.38 bits per heavy atom. The van der Waals surface area contributed by atoms with Gasteiger partial charge in [-0.1, -0.05) is 42.0 Å². The molecule has 1 aliphatic rings. The van der Waals surface area contributed by atoms with Gasteiger partial charge in [-0.2, -0.15) is 0 Å². The number of benzene rings is 2. The Hall–Kier alpha value is -1.78. The van der Waals surface area contributed by atoms with Crippen LogP contribution in [-0.4, -0.2) is 65.3 Å². The lowest BCUT2D eigenvalue weighted by molar-refractivity contribution is -0.0000328. The normalized spacial score (nSPS) is 13.6. The van der Waals surface area contributed by atoms with Crippen molar-refractivity contribution in [3.63, 3.8) is 0 Å². The van der Waals surface area contributed by atoms with E-state index in [9.17, 15) is 14.4 Å². The summed E-state index contributed by atoms with van der Waals surface area (Å²) in [4.78, 5) is 55.9. The lowest BCUT2D eigenvalue weighted by Crippen LogP contribution is -3.00. The molecule has 6 N–H and O–H groups in total. The van der Waals surface area contributed by atoms with Gasteiger partial charge in [0.1, 0.15) is 0 Å². The van der Waals surface area contributed by atoms with Gasteiger partial charge in [0.2, 0.25) is 0 Å². The Balaban J connectivity index is 0.000000648. The second-order valence-corrected chi connectivity index (χ2v) is 10.9. The average molecular weight is 502 g/mol. The number of rotatable bonds is 5. The maximum Gasteiger partial charge on any atom is 0.671 e. The zero-order valence-electron chi connectivity index (χ0n) is 18.4. The van der Waals surface area contributed by atoms with Crippen LogP contribution >= 0.6 is 0 Å². The van der Waals surface area contributed by atoms with Crippen LogP contribution in [0.15, 0.2) is 48.8 Å². The first kappa shape index (κ1) is 28.3. The molecule has 0 spiro atoms. The highest BCUT2D eigenvalue weighted by Crippen LogP contribution is 2.29. The molecule has 12 heteroatoms. The molecule has 32 heavy (non-hydrogen) atoms. The summed E-state index contributed by atoms with van der Waals surface area (Å²) in [5.74, 6) is 0. The summed E-state index contributed by atoms with van der Waals surface area (Å²) in [7, 11) is -7.32. The molecule has 0 atom stereocenters. The molecule has 1 heterocycles. The molecule has 0 saturated heterocycles. The minimum absolute atomic E-state index is 0. The molecule has 0 saturated carbocycles. The third-order valence-electron chi connectivity index (χ3n) is 4.71. The quantitative estimate of drug-likeness (QED) is 0.231. The highest BCUT2D eigenvalue weighted by atomic mass is 35.5. The number of hydrogen-bond acceptors (Lipinski definition) is 9. The van der Waals surface area contributed by atoms with Gasteiger partial charge >= 0.3 is 17.9 Å². The summed E-state index contributed by atoms with van der Waals surface area (Å²) in [5.41, 5.74) is 6.10. The molecule has 178 valence electrons. The van der Waals surface area contributed by atoms with Crippen molar-refractivity contribution < 1.29 is 45.6 Å². The number of nitrogens with zero attached hydrogens (tertiary/aromatic N) is 2. The molecule has 0 bridgehead atoms. The van der Waals surface area contributed by atoms with Crippen LogP contribution < -0.4 is 22.5 Å². The van der Waals surface area contributed by atoms with E-state index >= 15 is 0 Å². The summed E-state index contributed by atoms with van der Waals surface area (Å²) in [6.45, 7) is 7.88. The van der Waals surface area contributed by atoms with Gasteiger partial charge in [0.05, 0.1) is 6.67 Å². The second-order valence-electron chi connectivity index (χ2n) is 7.51. The molecule has 2 aromatic carbocycles. The molecular formula is C20H30ClN2O7Si2-. The maximum absolute atomic E-state index is 9.32. The predicted molar refractivity (Wildman–Crippen MR) is 121 cm³/mol. The lowest BCUT2D eigenvalue weighted by Gasteiger charge is -2.25. The van der Waals surface area contributed by atoms with Gasteiger partial charge < -0.3 is 55.4 Å². The van der Waals surface area contributed by atoms with Gasteiger partial charge in [0.25, 0.3) is 0 Å². The van der Waals surface area contributed by atoms with Crippen LogP contribution in [0.3, 0.4) is 0 Å². The maximum atomic E-state index is 9.32. The highest BCUT2D eigenvalue weighted by Gasteiger charge is 2.30. The third kappa shape index (κ3) is 8.29. The van der Waals surface area contributed by atoms with Crippen molar-refractivity contribution in [3.05, 3.63) is 71.1 Å². The van der Waals surface area contributed by atoms with E-state index in [0.717, 1.165) is 19.3 Å². The van der Waals surface area contributed by atoms with Crippen molar-refractivity contribution in [2.24, 2.45) is 0 Å². The first-order valence-corrected chi connectivity index (χ1v) is 13.1. The Kier molecular flexibility index (Phi) is 10.1. The van der Waals surface area contributed by atoms with Crippen molar-refractivity contribution in [2.75, 3.05) is 18.7 Å². The fourth-order valence-electron chi connectivity index (χ4n) is 3.41. The van der Waals surface area contributed by atoms with Crippen molar-refractivity contribution in [1.29, 1.82) is 0 Å². The van der Waals surface area contributed by atoms with Crippen molar-refractivity contribution in [1.82, 2.24) is 4.90 Å². The van der Waals surface area contributed by atoms with E-state index in [0.29, 0.717) is 6.54 Å². The standard InChI is InChI=1S/C19H24N2O3Si.CH6O4Si.ClH/c1-14-10-15(2)19(16(3)11-14)21-9-8-20(13-21)12-17-4-6-18(7-5-17)25(22,23)24;1-5-6(2,3)4;/h4-11,22-24H,12-13H2,1-3H3;2-4H,1H3;1H/p-1. The second kappa shape index (κ2) is 11.4. The molecule has 0 fully saturated rings. The first-order chi connectivity index (χ1) is 14.3. The van der Waals surface area contributed by atoms with Crippen LogP contribution in [0.1, 0.15) is 22.3 Å². The van der Waals surface area contributed by atoms with E-state index in [1.807, 2.05) is 12.1 Å². The lowest BCUT2D eigenvalue weighted by atomic mass is 10.0. The minimum Gasteiger partial charge on any atom is -1.00 e. The largest absolute Gasteiger partial charge is 1.00 e. The van der Waals surface area contributed by atoms with Gasteiger partial charge in [-0.25, -0.2) is 0 Å². The molecule has 9 nitrogen and oxygen atoms in total. The van der Waals surface area contributed by atoms with E-state index in [2.05, 4.69) is 59.5 Å². The van der Waals surface area contributed by atoms with Crippen molar-refractivity contribution in [2.45, 2.75) is 27.3 Å². The van der Waals surface area contributed by atoms with Crippen LogP contribution in [0.4, 0.5) is 5.69 Å². The van der Waals surface area contributed by atoms with Crippen molar-refractivity contribution >= 4 is 28.7 Å². The molecule has 3 rings (SSSR count). The fourth-order valence-corrected chi connectivity index (χ4v) is 4.02. The summed E-state index contributed by atoms with van der Waals surface area (Å²) < 4.78 is 3.74. The van der Waals surface area contributed by atoms with Crippen LogP contribution in [0.2, 0.25) is 0 Å². The monoisotopic (exact) mass is 501 g/mol. The first-order valence-electron chi connectivity index (χ1n) is 9.56. The van der Waals surface area contributed by atoms with Crippen LogP contribution in [-0.2, 0) is 11.0 Å². The van der Waals surface area contributed by atoms with Gasteiger partial charge in [-0.3, -0.25) is 0 Å². The summed E-state index contributed by atoms with van der Waals surface area (Å²) in [6, 6.07) is 11.2. The topological polar surface area (TPSA) is 137 Å². The Morgan fingerprint density at radius 3 is 1.81 bits per heavy atom. The number of aryl methyl sites for hydroxylation is 3. The zero-order valence-corrected chi connectivity index (χ0v) is 21.2. The number of anilines is 1. The summed E-state index contributed by atoms with van der Waals surface area (Å²) >= 11 is 0. The van der Waals surface area contributed by atoms with E-state index in [-0.39, 0.29) is 17.6 Å². The Morgan fingerprint density at radius 1 is 0.875 bits per heavy atom. The van der Waals surface area contributed by atoms with E-state index in [1.165, 1.54) is 22.4 Å². The van der Waals surface area contributed by atoms with Crippen LogP contribution in [0.25, 0.3) is 0 Å². The predicted octanol–water partition coefficient (Wildman–Crippen LogP) is -3.47. The van der Waals surface area contributed by atoms with Gasteiger partial charge in [-0.05, 0) is 37.5 Å². The van der Waals surface area contributed by atoms with E-state index in [1.54, 1.807) is 12.1 Å². The molecule has 0 amide bonds. The Bertz CT molecular complexity index is 893. The minimum atomic E-state index is -4.21. The number of hydrogen-bond donors (Lipinski definition) is 6. The number of halogens is 1. The fraction of sp³-hybridized carbons (Fsp3) is 0.300. The smallest absolute Gasteiger partial charge is 0.671 e. The van der Waals surface area contributed by atoms with Crippen LogP contribution in [0.5, 0.6) is 0 Å².